The van der Waals surface area contributed by atoms with Gasteiger partial charge in [-0.05, 0) is 5.56 Å². The summed E-state index contributed by atoms with van der Waals surface area (Å²) in [6.45, 7) is 0. The lowest BCUT2D eigenvalue weighted by atomic mass is 10.1. The first kappa shape index (κ1) is 14.2. The van der Waals surface area contributed by atoms with E-state index in [0.717, 1.165) is 6.26 Å². The van der Waals surface area contributed by atoms with Crippen LogP contribution in [0.3, 0.4) is 0 Å². The molecule has 7 heteroatoms. The molecular formula is C11H13NO5S. The SMILES string of the molecule is CS(=O)(=O)CC(=O)NC(C(=O)O)c1ccccc1. The standard InChI is InChI=1S/C11H13NO5S/c1-18(16,17)7-9(13)12-10(11(14)15)8-5-3-2-4-6-8/h2-6,10H,7H2,1H3,(H,12,13)(H,14,15). The molecule has 1 unspecified atom stereocenters. The molecule has 1 aromatic rings. The van der Waals surface area contributed by atoms with Gasteiger partial charge in [0.2, 0.25) is 5.91 Å². The van der Waals surface area contributed by atoms with E-state index in [9.17, 15) is 18.0 Å². The quantitative estimate of drug-likeness (QED) is 0.783. The van der Waals surface area contributed by atoms with Crippen LogP contribution in [0.15, 0.2) is 30.3 Å². The molecule has 98 valence electrons. The van der Waals surface area contributed by atoms with E-state index in [0.29, 0.717) is 5.56 Å². The van der Waals surface area contributed by atoms with Crippen molar-refractivity contribution in [3.63, 3.8) is 0 Å². The summed E-state index contributed by atoms with van der Waals surface area (Å²) in [6.07, 6.45) is 0.908. The van der Waals surface area contributed by atoms with E-state index < -0.39 is 33.5 Å². The van der Waals surface area contributed by atoms with E-state index in [4.69, 9.17) is 5.11 Å². The van der Waals surface area contributed by atoms with Crippen LogP contribution in [0.1, 0.15) is 11.6 Å². The summed E-state index contributed by atoms with van der Waals surface area (Å²) in [5, 5.41) is 11.2. The normalized spacial score (nSPS) is 12.7. The maximum Gasteiger partial charge on any atom is 0.330 e. The molecule has 0 heterocycles. The van der Waals surface area contributed by atoms with Crippen molar-refractivity contribution in [3.8, 4) is 0 Å². The average molecular weight is 271 g/mol. The minimum absolute atomic E-state index is 0.381. The van der Waals surface area contributed by atoms with Crippen molar-refractivity contribution in [1.82, 2.24) is 5.32 Å². The van der Waals surface area contributed by atoms with E-state index in [1.54, 1.807) is 30.3 Å². The first-order valence-corrected chi connectivity index (χ1v) is 7.10. The molecular weight excluding hydrogens is 258 g/mol. The third-order valence-electron chi connectivity index (χ3n) is 2.08. The van der Waals surface area contributed by atoms with Gasteiger partial charge in [0.1, 0.15) is 5.75 Å². The van der Waals surface area contributed by atoms with Gasteiger partial charge in [-0.25, -0.2) is 13.2 Å². The van der Waals surface area contributed by atoms with Crippen molar-refractivity contribution in [1.29, 1.82) is 0 Å². The molecule has 0 aromatic heterocycles. The lowest BCUT2D eigenvalue weighted by Gasteiger charge is -2.14. The monoisotopic (exact) mass is 271 g/mol. The van der Waals surface area contributed by atoms with Crippen LogP contribution in [0.2, 0.25) is 0 Å². The number of carboxylic acids is 1. The summed E-state index contributed by atoms with van der Waals surface area (Å²) in [6, 6.07) is 6.81. The molecule has 1 amide bonds. The maximum atomic E-state index is 11.4. The van der Waals surface area contributed by atoms with Crippen molar-refractivity contribution >= 4 is 21.7 Å². The number of aliphatic carboxylic acids is 1. The molecule has 0 aliphatic rings. The number of amides is 1. The highest BCUT2D eigenvalue weighted by molar-refractivity contribution is 7.91. The number of carbonyl (C=O) groups excluding carboxylic acids is 1. The maximum absolute atomic E-state index is 11.4. The lowest BCUT2D eigenvalue weighted by Crippen LogP contribution is -2.37. The Hall–Kier alpha value is -1.89. The summed E-state index contributed by atoms with van der Waals surface area (Å²) in [5.74, 6) is -2.82. The topological polar surface area (TPSA) is 101 Å². The Bertz CT molecular complexity index is 538. The summed E-state index contributed by atoms with van der Waals surface area (Å²) in [5.41, 5.74) is 0.381. The van der Waals surface area contributed by atoms with E-state index >= 15 is 0 Å². The summed E-state index contributed by atoms with van der Waals surface area (Å²) in [4.78, 5) is 22.4. The number of benzene rings is 1. The molecule has 1 atom stereocenters. The van der Waals surface area contributed by atoms with Crippen LogP contribution in [0.25, 0.3) is 0 Å². The number of carbonyl (C=O) groups is 2. The highest BCUT2D eigenvalue weighted by atomic mass is 32.2. The average Bonchev–Trinajstić information content (AvgIpc) is 2.24. The second-order valence-corrected chi connectivity index (χ2v) is 5.96. The highest BCUT2D eigenvalue weighted by Gasteiger charge is 2.23. The Morgan fingerprint density at radius 1 is 1.28 bits per heavy atom. The zero-order valence-electron chi connectivity index (χ0n) is 9.66. The Kier molecular flexibility index (Phi) is 4.43. The molecule has 0 saturated heterocycles. The Balaban J connectivity index is 2.83. The zero-order chi connectivity index (χ0) is 13.8. The van der Waals surface area contributed by atoms with Gasteiger partial charge in [-0.15, -0.1) is 0 Å². The van der Waals surface area contributed by atoms with Gasteiger partial charge in [0.05, 0.1) is 0 Å². The minimum Gasteiger partial charge on any atom is -0.479 e. The molecule has 18 heavy (non-hydrogen) atoms. The van der Waals surface area contributed by atoms with Gasteiger partial charge in [0.25, 0.3) is 0 Å². The fraction of sp³-hybridized carbons (Fsp3) is 0.273. The van der Waals surface area contributed by atoms with Gasteiger partial charge in [0.15, 0.2) is 15.9 Å². The van der Waals surface area contributed by atoms with Crippen LogP contribution in [0.4, 0.5) is 0 Å². The lowest BCUT2D eigenvalue weighted by molar-refractivity contribution is -0.141. The first-order chi connectivity index (χ1) is 8.29. The molecule has 0 saturated carbocycles. The molecule has 0 fully saturated rings. The van der Waals surface area contributed by atoms with Crippen LogP contribution in [-0.4, -0.2) is 37.4 Å². The zero-order valence-corrected chi connectivity index (χ0v) is 10.5. The van der Waals surface area contributed by atoms with Crippen LogP contribution >= 0.6 is 0 Å². The number of carboxylic acid groups (broad SMARTS) is 1. The largest absolute Gasteiger partial charge is 0.479 e. The van der Waals surface area contributed by atoms with Gasteiger partial charge < -0.3 is 10.4 Å². The predicted octanol–water partition coefficient (Wildman–Crippen LogP) is -0.0269. The molecule has 0 spiro atoms. The Morgan fingerprint density at radius 2 is 1.83 bits per heavy atom. The second-order valence-electron chi connectivity index (χ2n) is 3.82. The molecule has 1 rings (SSSR count). The summed E-state index contributed by atoms with van der Waals surface area (Å²) in [7, 11) is -3.48. The van der Waals surface area contributed by atoms with Gasteiger partial charge in [-0.2, -0.15) is 0 Å². The summed E-state index contributed by atoms with van der Waals surface area (Å²) < 4.78 is 21.8. The molecule has 1 aromatic carbocycles. The van der Waals surface area contributed by atoms with Gasteiger partial charge in [-0.3, -0.25) is 4.79 Å². The number of hydrogen-bond acceptors (Lipinski definition) is 4. The molecule has 2 N–H and O–H groups in total. The van der Waals surface area contributed by atoms with E-state index in [-0.39, 0.29) is 0 Å². The molecule has 6 nitrogen and oxygen atoms in total. The van der Waals surface area contributed by atoms with Gasteiger partial charge in [0, 0.05) is 6.26 Å². The Morgan fingerprint density at radius 3 is 2.28 bits per heavy atom. The third-order valence-corrected chi connectivity index (χ3v) is 2.87. The van der Waals surface area contributed by atoms with Crippen molar-refractivity contribution in [3.05, 3.63) is 35.9 Å². The van der Waals surface area contributed by atoms with Crippen LogP contribution in [0, 0.1) is 0 Å². The molecule has 0 aliphatic heterocycles. The highest BCUT2D eigenvalue weighted by Crippen LogP contribution is 2.12. The molecule has 0 bridgehead atoms. The first-order valence-electron chi connectivity index (χ1n) is 5.04. The van der Waals surface area contributed by atoms with Crippen LogP contribution in [-0.2, 0) is 19.4 Å². The fourth-order valence-electron chi connectivity index (χ4n) is 1.37. The van der Waals surface area contributed by atoms with E-state index in [1.165, 1.54) is 0 Å². The fourth-order valence-corrected chi connectivity index (χ4v) is 1.93. The number of rotatable bonds is 5. The number of hydrogen-bond donors (Lipinski definition) is 2. The molecule has 0 aliphatic carbocycles. The van der Waals surface area contributed by atoms with E-state index in [2.05, 4.69) is 5.32 Å². The van der Waals surface area contributed by atoms with Crippen LogP contribution in [0.5, 0.6) is 0 Å². The number of nitrogens with one attached hydrogen (secondary N) is 1. The third kappa shape index (κ3) is 4.54. The van der Waals surface area contributed by atoms with Crippen molar-refractivity contribution in [2.75, 3.05) is 12.0 Å². The smallest absolute Gasteiger partial charge is 0.330 e. The summed E-state index contributed by atoms with van der Waals surface area (Å²) >= 11 is 0. The predicted molar refractivity (Wildman–Crippen MR) is 64.7 cm³/mol. The second kappa shape index (κ2) is 5.63. The minimum atomic E-state index is -3.48. The van der Waals surface area contributed by atoms with Crippen molar-refractivity contribution in [2.45, 2.75) is 6.04 Å². The van der Waals surface area contributed by atoms with Crippen molar-refractivity contribution in [2.24, 2.45) is 0 Å². The number of sulfone groups is 1. The van der Waals surface area contributed by atoms with E-state index in [1.807, 2.05) is 0 Å². The Labute approximate surface area is 105 Å². The van der Waals surface area contributed by atoms with Crippen molar-refractivity contribution < 1.29 is 23.1 Å². The van der Waals surface area contributed by atoms with Gasteiger partial charge in [-0.1, -0.05) is 30.3 Å². The van der Waals surface area contributed by atoms with Crippen LogP contribution < -0.4 is 5.32 Å². The molecule has 0 radical (unpaired) electrons. The van der Waals surface area contributed by atoms with Gasteiger partial charge >= 0.3 is 5.97 Å².